The highest BCUT2D eigenvalue weighted by molar-refractivity contribution is 7.09. The summed E-state index contributed by atoms with van der Waals surface area (Å²) >= 11 is 1.44. The molecule has 0 aliphatic carbocycles. The van der Waals surface area contributed by atoms with Gasteiger partial charge in [-0.3, -0.25) is 4.57 Å². The predicted molar refractivity (Wildman–Crippen MR) is 93.4 cm³/mol. The van der Waals surface area contributed by atoms with E-state index in [0.29, 0.717) is 0 Å². The molecule has 1 N–H and O–H groups in total. The maximum Gasteiger partial charge on any atom is 0.343 e. The lowest BCUT2D eigenvalue weighted by atomic mass is 10.1. The van der Waals surface area contributed by atoms with Crippen LogP contribution >= 0.6 is 11.5 Å². The van der Waals surface area contributed by atoms with Crippen LogP contribution in [0, 0.1) is 6.92 Å². The van der Waals surface area contributed by atoms with Crippen molar-refractivity contribution < 1.29 is 0 Å². The third-order valence-electron chi connectivity index (χ3n) is 4.40. The van der Waals surface area contributed by atoms with Gasteiger partial charge in [-0.25, -0.2) is 9.89 Å². The topological polar surface area (TPSA) is 79.7 Å². The number of aromatic nitrogens is 5. The molecule has 0 radical (unpaired) electrons. The molecule has 3 heterocycles. The van der Waals surface area contributed by atoms with Crippen molar-refractivity contribution in [1.29, 1.82) is 0 Å². The number of H-pyrrole nitrogens is 1. The fourth-order valence-electron chi connectivity index (χ4n) is 3.10. The Kier molecular flexibility index (Phi) is 3.89. The molecular formula is C16H18N6OS. The minimum Gasteiger partial charge on any atom is -0.347 e. The van der Waals surface area contributed by atoms with Crippen LogP contribution in [0.3, 0.4) is 0 Å². The summed E-state index contributed by atoms with van der Waals surface area (Å²) < 4.78 is 6.19. The highest BCUT2D eigenvalue weighted by atomic mass is 32.1. The van der Waals surface area contributed by atoms with Gasteiger partial charge in [-0.2, -0.15) is 14.5 Å². The van der Waals surface area contributed by atoms with Gasteiger partial charge in [0, 0.05) is 36.2 Å². The standard InChI is InChI=1S/C16H18N6OS/c1-11-3-2-4-12(9-11)14-18-16(24-20-14)21-7-5-13(6-8-21)22-10-17-19-15(22)23/h2-4,9-10,13H,5-8H2,1H3,(H,19,23). The van der Waals surface area contributed by atoms with Crippen molar-refractivity contribution in [2.75, 3.05) is 18.0 Å². The van der Waals surface area contributed by atoms with Crippen LogP contribution < -0.4 is 10.6 Å². The monoisotopic (exact) mass is 342 g/mol. The fourth-order valence-corrected chi connectivity index (χ4v) is 3.84. The van der Waals surface area contributed by atoms with Crippen molar-refractivity contribution in [2.45, 2.75) is 25.8 Å². The number of aryl methyl sites for hydroxylation is 1. The summed E-state index contributed by atoms with van der Waals surface area (Å²) in [6.07, 6.45) is 3.39. The van der Waals surface area contributed by atoms with Crippen LogP contribution in [0.15, 0.2) is 35.4 Å². The van der Waals surface area contributed by atoms with E-state index < -0.39 is 0 Å². The normalized spacial score (nSPS) is 15.8. The van der Waals surface area contributed by atoms with Gasteiger partial charge in [0.25, 0.3) is 0 Å². The summed E-state index contributed by atoms with van der Waals surface area (Å²) in [5.74, 6) is 0.784. The van der Waals surface area contributed by atoms with Crippen LogP contribution in [0.25, 0.3) is 11.4 Å². The highest BCUT2D eigenvalue weighted by Crippen LogP contribution is 2.29. The number of benzene rings is 1. The predicted octanol–water partition coefficient (Wildman–Crippen LogP) is 2.24. The molecule has 0 atom stereocenters. The minimum atomic E-state index is -0.133. The number of anilines is 1. The molecule has 1 aliphatic rings. The Morgan fingerprint density at radius 2 is 2.12 bits per heavy atom. The van der Waals surface area contributed by atoms with Crippen LogP contribution in [0.4, 0.5) is 5.13 Å². The van der Waals surface area contributed by atoms with E-state index in [9.17, 15) is 4.79 Å². The van der Waals surface area contributed by atoms with Gasteiger partial charge in [0.2, 0.25) is 5.13 Å². The van der Waals surface area contributed by atoms with E-state index >= 15 is 0 Å². The van der Waals surface area contributed by atoms with Gasteiger partial charge in [-0.15, -0.1) is 0 Å². The van der Waals surface area contributed by atoms with E-state index in [1.807, 2.05) is 12.1 Å². The van der Waals surface area contributed by atoms with Crippen LogP contribution in [0.5, 0.6) is 0 Å². The smallest absolute Gasteiger partial charge is 0.343 e. The first-order valence-corrected chi connectivity index (χ1v) is 8.75. The van der Waals surface area contributed by atoms with Crippen LogP contribution in [-0.2, 0) is 0 Å². The first-order valence-electron chi connectivity index (χ1n) is 7.98. The maximum atomic E-state index is 11.7. The van der Waals surface area contributed by atoms with Gasteiger partial charge in [-0.05, 0) is 25.8 Å². The van der Waals surface area contributed by atoms with E-state index in [-0.39, 0.29) is 11.7 Å². The molecule has 0 spiro atoms. The quantitative estimate of drug-likeness (QED) is 0.789. The van der Waals surface area contributed by atoms with Crippen LogP contribution in [0.2, 0.25) is 0 Å². The fraction of sp³-hybridized carbons (Fsp3) is 0.375. The van der Waals surface area contributed by atoms with E-state index in [1.54, 1.807) is 10.9 Å². The van der Waals surface area contributed by atoms with Gasteiger partial charge in [0.1, 0.15) is 6.33 Å². The maximum absolute atomic E-state index is 11.7. The molecular weight excluding hydrogens is 324 g/mol. The van der Waals surface area contributed by atoms with Crippen LogP contribution in [0.1, 0.15) is 24.4 Å². The lowest BCUT2D eigenvalue weighted by molar-refractivity contribution is 0.388. The molecule has 8 heteroatoms. The molecule has 0 amide bonds. The largest absolute Gasteiger partial charge is 0.347 e. The zero-order chi connectivity index (χ0) is 16.5. The molecule has 24 heavy (non-hydrogen) atoms. The summed E-state index contributed by atoms with van der Waals surface area (Å²) in [7, 11) is 0. The summed E-state index contributed by atoms with van der Waals surface area (Å²) in [6, 6.07) is 8.44. The molecule has 0 unspecified atom stereocenters. The summed E-state index contributed by atoms with van der Waals surface area (Å²) in [4.78, 5) is 18.6. The Balaban J connectivity index is 1.47. The van der Waals surface area contributed by atoms with Crippen molar-refractivity contribution in [3.05, 3.63) is 46.6 Å². The Labute approximate surface area is 143 Å². The van der Waals surface area contributed by atoms with E-state index in [1.165, 1.54) is 17.1 Å². The Bertz CT molecular complexity index is 890. The van der Waals surface area contributed by atoms with E-state index in [4.69, 9.17) is 4.98 Å². The third-order valence-corrected chi connectivity index (χ3v) is 5.17. The molecule has 4 rings (SSSR count). The Morgan fingerprint density at radius 3 is 2.83 bits per heavy atom. The molecule has 1 aliphatic heterocycles. The molecule has 1 fully saturated rings. The van der Waals surface area contributed by atoms with Gasteiger partial charge >= 0.3 is 5.69 Å². The molecule has 0 saturated carbocycles. The first-order chi connectivity index (χ1) is 11.7. The van der Waals surface area contributed by atoms with Crippen molar-refractivity contribution in [2.24, 2.45) is 0 Å². The Hall–Kier alpha value is -2.48. The number of aromatic amines is 1. The van der Waals surface area contributed by atoms with Gasteiger partial charge < -0.3 is 4.90 Å². The van der Waals surface area contributed by atoms with E-state index in [2.05, 4.69) is 38.5 Å². The van der Waals surface area contributed by atoms with Crippen LogP contribution in [-0.4, -0.2) is 37.2 Å². The number of nitrogens with zero attached hydrogens (tertiary/aromatic N) is 5. The van der Waals surface area contributed by atoms with Crippen molar-refractivity contribution in [1.82, 2.24) is 24.1 Å². The second-order valence-electron chi connectivity index (χ2n) is 6.06. The second kappa shape index (κ2) is 6.20. The number of nitrogens with one attached hydrogen (secondary N) is 1. The average molecular weight is 342 g/mol. The summed E-state index contributed by atoms with van der Waals surface area (Å²) in [5.41, 5.74) is 2.12. The molecule has 124 valence electrons. The molecule has 2 aromatic heterocycles. The number of piperidine rings is 1. The molecule has 7 nitrogen and oxygen atoms in total. The lowest BCUT2D eigenvalue weighted by Gasteiger charge is -2.31. The van der Waals surface area contributed by atoms with Crippen molar-refractivity contribution in [3.63, 3.8) is 0 Å². The van der Waals surface area contributed by atoms with Gasteiger partial charge in [-0.1, -0.05) is 23.8 Å². The highest BCUT2D eigenvalue weighted by Gasteiger charge is 2.24. The number of rotatable bonds is 3. The molecule has 1 aromatic carbocycles. The second-order valence-corrected chi connectivity index (χ2v) is 6.79. The zero-order valence-corrected chi connectivity index (χ0v) is 14.2. The third kappa shape index (κ3) is 2.84. The SMILES string of the molecule is Cc1cccc(-c2nsc(N3CCC(n4cn[nH]c4=O)CC3)n2)c1. The van der Waals surface area contributed by atoms with Crippen molar-refractivity contribution in [3.8, 4) is 11.4 Å². The zero-order valence-electron chi connectivity index (χ0n) is 13.3. The number of hydrogen-bond acceptors (Lipinski definition) is 6. The van der Waals surface area contributed by atoms with Gasteiger partial charge in [0.05, 0.1) is 0 Å². The van der Waals surface area contributed by atoms with Crippen molar-refractivity contribution >= 4 is 16.7 Å². The molecule has 1 saturated heterocycles. The van der Waals surface area contributed by atoms with Gasteiger partial charge in [0.15, 0.2) is 5.82 Å². The molecule has 0 bridgehead atoms. The first kappa shape index (κ1) is 15.1. The minimum absolute atomic E-state index is 0.133. The number of hydrogen-bond donors (Lipinski definition) is 1. The Morgan fingerprint density at radius 1 is 1.29 bits per heavy atom. The average Bonchev–Trinajstić information content (AvgIpc) is 3.24. The van der Waals surface area contributed by atoms with E-state index in [0.717, 1.165) is 42.5 Å². The lowest BCUT2D eigenvalue weighted by Crippen LogP contribution is -2.36. The molecule has 3 aromatic rings. The summed E-state index contributed by atoms with van der Waals surface area (Å²) in [6.45, 7) is 3.80. The summed E-state index contributed by atoms with van der Waals surface area (Å²) in [5, 5.41) is 7.22.